The van der Waals surface area contributed by atoms with Crippen LogP contribution in [-0.4, -0.2) is 13.1 Å². The lowest BCUT2D eigenvalue weighted by Crippen LogP contribution is -2.22. The zero-order valence-corrected chi connectivity index (χ0v) is 11.4. The Hall–Kier alpha value is -2.43. The average Bonchev–Trinajstić information content (AvgIpc) is 2.53. The van der Waals surface area contributed by atoms with Crippen LogP contribution < -0.4 is 5.32 Å². The predicted molar refractivity (Wildman–Crippen MR) is 76.2 cm³/mol. The van der Waals surface area contributed by atoms with E-state index in [-0.39, 0.29) is 5.56 Å². The third-order valence-corrected chi connectivity index (χ3v) is 3.04. The van der Waals surface area contributed by atoms with Gasteiger partial charge < -0.3 is 10.1 Å². The maximum absolute atomic E-state index is 12.6. The summed E-state index contributed by atoms with van der Waals surface area (Å²) in [6.45, 7) is 0. The van der Waals surface area contributed by atoms with Crippen molar-refractivity contribution in [3.8, 4) is 0 Å². The van der Waals surface area contributed by atoms with Crippen molar-refractivity contribution in [2.45, 2.75) is 12.5 Å². The average molecular weight is 291 g/mol. The molecule has 1 N–H and O–H groups in total. The smallest absolute Gasteiger partial charge is 0.332 e. The molecule has 0 radical (unpaired) electrons. The molecule has 5 heteroatoms. The molecule has 0 saturated heterocycles. The quantitative estimate of drug-likeness (QED) is 0.848. The minimum absolute atomic E-state index is 0.0814. The van der Waals surface area contributed by atoms with Crippen LogP contribution in [-0.2, 0) is 9.53 Å². The number of hydrogen-bond acceptors (Lipinski definition) is 3. The number of ether oxygens (including phenoxy) is 1. The van der Waals surface area contributed by atoms with Gasteiger partial charge in [0.1, 0.15) is 0 Å². The predicted octanol–water partition coefficient (Wildman–Crippen LogP) is 3.95. The number of benzene rings is 2. The molecule has 0 amide bonds. The first-order valence-electron chi connectivity index (χ1n) is 6.39. The Bertz CT molecular complexity index is 585. The van der Waals surface area contributed by atoms with Crippen molar-refractivity contribution in [1.29, 1.82) is 0 Å². The number of esters is 1. The summed E-state index contributed by atoms with van der Waals surface area (Å²) in [5.41, 5.74) is 1.23. The monoisotopic (exact) mass is 291 g/mol. The first kappa shape index (κ1) is 15.0. The Labute approximate surface area is 121 Å². The Balaban J connectivity index is 2.25. The number of halogens is 2. The number of hydrogen-bond donors (Lipinski definition) is 1. The molecule has 0 spiro atoms. The van der Waals surface area contributed by atoms with E-state index in [4.69, 9.17) is 4.74 Å². The molecule has 0 fully saturated rings. The van der Waals surface area contributed by atoms with Gasteiger partial charge in [0, 0.05) is 11.3 Å². The van der Waals surface area contributed by atoms with E-state index < -0.39 is 18.4 Å². The highest BCUT2D eigenvalue weighted by Gasteiger charge is 2.21. The molecule has 2 rings (SSSR count). The largest absolute Gasteiger partial charge is 0.467 e. The second-order valence-corrected chi connectivity index (χ2v) is 4.43. The van der Waals surface area contributed by atoms with Gasteiger partial charge in [0.15, 0.2) is 6.04 Å². The summed E-state index contributed by atoms with van der Waals surface area (Å²) in [6, 6.07) is 14.0. The van der Waals surface area contributed by atoms with Gasteiger partial charge in [-0.15, -0.1) is 0 Å². The molecule has 0 heterocycles. The molecule has 0 aliphatic heterocycles. The van der Waals surface area contributed by atoms with Crippen molar-refractivity contribution in [3.63, 3.8) is 0 Å². The number of alkyl halides is 2. The summed E-state index contributed by atoms with van der Waals surface area (Å²) in [5, 5.41) is 3.03. The van der Waals surface area contributed by atoms with E-state index in [2.05, 4.69) is 5.32 Å². The molecular formula is C16H15F2NO2. The van der Waals surface area contributed by atoms with Crippen molar-refractivity contribution in [2.24, 2.45) is 0 Å². The molecule has 1 unspecified atom stereocenters. The highest BCUT2D eigenvalue weighted by Crippen LogP contribution is 2.24. The molecular weight excluding hydrogens is 276 g/mol. The van der Waals surface area contributed by atoms with Gasteiger partial charge in [-0.25, -0.2) is 13.6 Å². The second-order valence-electron chi connectivity index (χ2n) is 4.43. The number of methoxy groups -OCH3 is 1. The van der Waals surface area contributed by atoms with Gasteiger partial charge in [-0.05, 0) is 17.7 Å². The van der Waals surface area contributed by atoms with E-state index >= 15 is 0 Å². The number of rotatable bonds is 5. The summed E-state index contributed by atoms with van der Waals surface area (Å²) in [7, 11) is 1.29. The van der Waals surface area contributed by atoms with Crippen LogP contribution in [0.5, 0.6) is 0 Å². The van der Waals surface area contributed by atoms with Crippen molar-refractivity contribution in [2.75, 3.05) is 12.4 Å². The second kappa shape index (κ2) is 6.83. The van der Waals surface area contributed by atoms with E-state index in [1.165, 1.54) is 31.4 Å². The maximum atomic E-state index is 12.6. The summed E-state index contributed by atoms with van der Waals surface area (Å²) < 4.78 is 29.9. The first-order valence-corrected chi connectivity index (χ1v) is 6.39. The van der Waals surface area contributed by atoms with E-state index in [9.17, 15) is 13.6 Å². The molecule has 21 heavy (non-hydrogen) atoms. The minimum Gasteiger partial charge on any atom is -0.467 e. The Morgan fingerprint density at radius 3 is 2.10 bits per heavy atom. The summed E-state index contributed by atoms with van der Waals surface area (Å²) >= 11 is 0. The summed E-state index contributed by atoms with van der Waals surface area (Å²) in [5.74, 6) is -0.483. The van der Waals surface area contributed by atoms with Crippen LogP contribution in [0.15, 0.2) is 54.6 Å². The SMILES string of the molecule is COC(=O)C(Nc1ccccc1)c1ccc(C(F)F)cc1. The van der Waals surface area contributed by atoms with Crippen LogP contribution in [0.3, 0.4) is 0 Å². The minimum atomic E-state index is -2.53. The van der Waals surface area contributed by atoms with Crippen LogP contribution in [0, 0.1) is 0 Å². The van der Waals surface area contributed by atoms with Crippen LogP contribution in [0.25, 0.3) is 0 Å². The Morgan fingerprint density at radius 1 is 1.00 bits per heavy atom. The topological polar surface area (TPSA) is 38.3 Å². The number of para-hydroxylation sites is 1. The van der Waals surface area contributed by atoms with Crippen molar-refractivity contribution >= 4 is 11.7 Å². The third kappa shape index (κ3) is 3.78. The molecule has 0 saturated carbocycles. The van der Waals surface area contributed by atoms with E-state index in [0.29, 0.717) is 5.56 Å². The highest BCUT2D eigenvalue weighted by atomic mass is 19.3. The first-order chi connectivity index (χ1) is 10.1. The van der Waals surface area contributed by atoms with Crippen molar-refractivity contribution < 1.29 is 18.3 Å². The van der Waals surface area contributed by atoms with Crippen LogP contribution in [0.1, 0.15) is 23.6 Å². The number of carbonyl (C=O) groups excluding carboxylic acids is 1. The van der Waals surface area contributed by atoms with E-state index in [1.807, 2.05) is 30.3 Å². The van der Waals surface area contributed by atoms with Crippen molar-refractivity contribution in [1.82, 2.24) is 0 Å². The molecule has 0 aliphatic carbocycles. The number of carbonyl (C=O) groups is 1. The fraction of sp³-hybridized carbons (Fsp3) is 0.188. The van der Waals surface area contributed by atoms with E-state index in [1.54, 1.807) is 0 Å². The van der Waals surface area contributed by atoms with Crippen LogP contribution >= 0.6 is 0 Å². The fourth-order valence-corrected chi connectivity index (χ4v) is 1.93. The number of nitrogens with one attached hydrogen (secondary N) is 1. The molecule has 0 aliphatic rings. The number of anilines is 1. The van der Waals surface area contributed by atoms with Gasteiger partial charge in [0.25, 0.3) is 6.43 Å². The summed E-state index contributed by atoms with van der Waals surface area (Å²) in [6.07, 6.45) is -2.53. The van der Waals surface area contributed by atoms with Crippen molar-refractivity contribution in [3.05, 3.63) is 65.7 Å². The summed E-state index contributed by atoms with van der Waals surface area (Å²) in [4.78, 5) is 11.9. The van der Waals surface area contributed by atoms with E-state index in [0.717, 1.165) is 5.69 Å². The van der Waals surface area contributed by atoms with Gasteiger partial charge in [0.05, 0.1) is 7.11 Å². The molecule has 1 atom stereocenters. The van der Waals surface area contributed by atoms with Gasteiger partial charge in [-0.3, -0.25) is 0 Å². The lowest BCUT2D eigenvalue weighted by molar-refractivity contribution is -0.141. The molecule has 0 bridgehead atoms. The zero-order chi connectivity index (χ0) is 15.2. The normalized spacial score (nSPS) is 12.0. The molecule has 2 aromatic rings. The maximum Gasteiger partial charge on any atom is 0.332 e. The van der Waals surface area contributed by atoms with Crippen LogP contribution in [0.4, 0.5) is 14.5 Å². The lowest BCUT2D eigenvalue weighted by atomic mass is 10.0. The lowest BCUT2D eigenvalue weighted by Gasteiger charge is -2.18. The van der Waals surface area contributed by atoms with Gasteiger partial charge in [0.2, 0.25) is 0 Å². The highest BCUT2D eigenvalue weighted by molar-refractivity contribution is 5.81. The molecule has 3 nitrogen and oxygen atoms in total. The Kier molecular flexibility index (Phi) is 4.87. The van der Waals surface area contributed by atoms with Gasteiger partial charge in [-0.1, -0.05) is 42.5 Å². The standard InChI is InChI=1S/C16H15F2NO2/c1-21-16(20)14(19-13-5-3-2-4-6-13)11-7-9-12(10-8-11)15(17)18/h2-10,14-15,19H,1H3. The third-order valence-electron chi connectivity index (χ3n) is 3.04. The zero-order valence-electron chi connectivity index (χ0n) is 11.4. The molecule has 2 aromatic carbocycles. The van der Waals surface area contributed by atoms with Gasteiger partial charge in [-0.2, -0.15) is 0 Å². The Morgan fingerprint density at radius 2 is 1.57 bits per heavy atom. The molecule has 0 aromatic heterocycles. The molecule has 110 valence electrons. The van der Waals surface area contributed by atoms with Gasteiger partial charge >= 0.3 is 5.97 Å². The van der Waals surface area contributed by atoms with Crippen LogP contribution in [0.2, 0.25) is 0 Å². The fourth-order valence-electron chi connectivity index (χ4n) is 1.93.